The molecule has 1 saturated carbocycles. The summed E-state index contributed by atoms with van der Waals surface area (Å²) in [7, 11) is 0. The lowest BCUT2D eigenvalue weighted by atomic mass is 9.67. The van der Waals surface area contributed by atoms with Crippen molar-refractivity contribution in [2.45, 2.75) is 47.1 Å². The summed E-state index contributed by atoms with van der Waals surface area (Å²) in [4.78, 5) is 11.7. The molecule has 1 aliphatic rings. The van der Waals surface area contributed by atoms with E-state index in [-0.39, 0.29) is 22.9 Å². The smallest absolute Gasteiger partial charge is 0.333 e. The second-order valence-electron chi connectivity index (χ2n) is 6.08. The maximum Gasteiger partial charge on any atom is 0.333 e. The van der Waals surface area contributed by atoms with Gasteiger partial charge in [-0.3, -0.25) is 0 Å². The van der Waals surface area contributed by atoms with E-state index in [1.807, 2.05) is 0 Å². The molecule has 3 heteroatoms. The van der Waals surface area contributed by atoms with Crippen molar-refractivity contribution in [2.75, 3.05) is 4.43 Å². The Balaban J connectivity index is 2.95. The first-order chi connectivity index (χ1) is 7.66. The lowest BCUT2D eigenvalue weighted by Gasteiger charge is -2.42. The van der Waals surface area contributed by atoms with Gasteiger partial charge in [-0.25, -0.2) is 4.79 Å². The first kappa shape index (κ1) is 15.0. The summed E-state index contributed by atoms with van der Waals surface area (Å²) >= 11 is 2.41. The number of halogens is 1. The lowest BCUT2D eigenvalue weighted by Crippen LogP contribution is -2.42. The van der Waals surface area contributed by atoms with Crippen LogP contribution < -0.4 is 0 Å². The first-order valence-corrected chi connectivity index (χ1v) is 7.62. The van der Waals surface area contributed by atoms with E-state index in [2.05, 4.69) is 56.9 Å². The molecule has 0 amide bonds. The van der Waals surface area contributed by atoms with E-state index in [9.17, 15) is 4.79 Å². The maximum atomic E-state index is 11.7. The minimum atomic E-state index is -0.254. The molecule has 3 unspecified atom stereocenters. The molecule has 3 atom stereocenters. The standard InChI is InChI=1S/C14H23IO2/c1-9(2)12(16)17-11-7-10(3)13(4,5)14(11,6)8-15/h10-11H,1,7-8H2,2-6H3. The van der Waals surface area contributed by atoms with E-state index in [0.717, 1.165) is 10.8 Å². The fraction of sp³-hybridized carbons (Fsp3) is 0.786. The first-order valence-electron chi connectivity index (χ1n) is 6.09. The average Bonchev–Trinajstić information content (AvgIpc) is 2.40. The van der Waals surface area contributed by atoms with Crippen molar-refractivity contribution < 1.29 is 9.53 Å². The van der Waals surface area contributed by atoms with Gasteiger partial charge in [0.2, 0.25) is 0 Å². The molecule has 1 rings (SSSR count). The molecular formula is C14H23IO2. The predicted molar refractivity (Wildman–Crippen MR) is 79.3 cm³/mol. The molecule has 0 saturated heterocycles. The molecule has 0 radical (unpaired) electrons. The second-order valence-corrected chi connectivity index (χ2v) is 6.85. The summed E-state index contributed by atoms with van der Waals surface area (Å²) in [5.41, 5.74) is 0.713. The van der Waals surface area contributed by atoms with Crippen LogP contribution in [0.3, 0.4) is 0 Å². The monoisotopic (exact) mass is 350 g/mol. The maximum absolute atomic E-state index is 11.7. The predicted octanol–water partition coefficient (Wildman–Crippen LogP) is 3.98. The molecule has 0 aliphatic heterocycles. The van der Waals surface area contributed by atoms with E-state index in [0.29, 0.717) is 11.5 Å². The highest BCUT2D eigenvalue weighted by Gasteiger charge is 2.56. The molecule has 1 aliphatic carbocycles. The zero-order chi connectivity index (χ0) is 13.4. The molecule has 1 fully saturated rings. The van der Waals surface area contributed by atoms with Crippen LogP contribution in [0.25, 0.3) is 0 Å². The zero-order valence-electron chi connectivity index (χ0n) is 11.5. The summed E-state index contributed by atoms with van der Waals surface area (Å²) in [6.07, 6.45) is 0.958. The third kappa shape index (κ3) is 2.40. The van der Waals surface area contributed by atoms with Crippen molar-refractivity contribution in [3.05, 3.63) is 12.2 Å². The quantitative estimate of drug-likeness (QED) is 0.333. The van der Waals surface area contributed by atoms with E-state index >= 15 is 0 Å². The van der Waals surface area contributed by atoms with Crippen molar-refractivity contribution in [1.82, 2.24) is 0 Å². The summed E-state index contributed by atoms with van der Waals surface area (Å²) in [5, 5.41) is 0. The molecule has 0 heterocycles. The van der Waals surface area contributed by atoms with Gasteiger partial charge in [0.25, 0.3) is 0 Å². The number of alkyl halides is 1. The van der Waals surface area contributed by atoms with Crippen LogP contribution in [0.2, 0.25) is 0 Å². The molecule has 98 valence electrons. The van der Waals surface area contributed by atoms with Crippen molar-refractivity contribution in [3.8, 4) is 0 Å². The minimum Gasteiger partial charge on any atom is -0.458 e. The van der Waals surface area contributed by atoms with Crippen LogP contribution in [-0.4, -0.2) is 16.5 Å². The van der Waals surface area contributed by atoms with Gasteiger partial charge in [-0.2, -0.15) is 0 Å². The Morgan fingerprint density at radius 2 is 2.00 bits per heavy atom. The fourth-order valence-corrected chi connectivity index (χ4v) is 3.99. The minimum absolute atomic E-state index is 0.00796. The van der Waals surface area contributed by atoms with Crippen LogP contribution >= 0.6 is 22.6 Å². The largest absolute Gasteiger partial charge is 0.458 e. The van der Waals surface area contributed by atoms with Crippen molar-refractivity contribution in [3.63, 3.8) is 0 Å². The van der Waals surface area contributed by atoms with Gasteiger partial charge in [0.05, 0.1) is 0 Å². The number of hydrogen-bond donors (Lipinski definition) is 0. The van der Waals surface area contributed by atoms with Gasteiger partial charge < -0.3 is 4.74 Å². The molecule has 0 aromatic heterocycles. The van der Waals surface area contributed by atoms with Gasteiger partial charge >= 0.3 is 5.97 Å². The van der Waals surface area contributed by atoms with Crippen molar-refractivity contribution in [1.29, 1.82) is 0 Å². The molecule has 0 bridgehead atoms. The third-order valence-electron chi connectivity index (χ3n) is 4.86. The van der Waals surface area contributed by atoms with Gasteiger partial charge in [-0.15, -0.1) is 0 Å². The highest BCUT2D eigenvalue weighted by Crippen LogP contribution is 2.57. The SMILES string of the molecule is C=C(C)C(=O)OC1CC(C)C(C)(C)C1(C)CI. The van der Waals surface area contributed by atoms with Crippen LogP contribution in [0.5, 0.6) is 0 Å². The number of carbonyl (C=O) groups excluding carboxylic acids is 1. The number of ether oxygens (including phenoxy) is 1. The van der Waals surface area contributed by atoms with Gasteiger partial charge in [0.15, 0.2) is 0 Å². The lowest BCUT2D eigenvalue weighted by molar-refractivity contribution is -0.150. The van der Waals surface area contributed by atoms with Crippen LogP contribution in [0, 0.1) is 16.7 Å². The Bertz CT molecular complexity index is 335. The molecule has 0 aromatic rings. The second kappa shape index (κ2) is 4.90. The summed E-state index contributed by atoms with van der Waals surface area (Å²) in [6.45, 7) is 14.4. The van der Waals surface area contributed by atoms with Gasteiger partial charge in [-0.05, 0) is 24.7 Å². The Hall–Kier alpha value is -0.0600. The fourth-order valence-electron chi connectivity index (χ4n) is 2.52. The van der Waals surface area contributed by atoms with Crippen LogP contribution in [0.4, 0.5) is 0 Å². The van der Waals surface area contributed by atoms with Crippen molar-refractivity contribution >= 4 is 28.6 Å². The number of carbonyl (C=O) groups is 1. The molecule has 0 spiro atoms. The molecule has 0 aromatic carbocycles. The summed E-state index contributed by atoms with van der Waals surface area (Å²) < 4.78 is 6.64. The summed E-state index contributed by atoms with van der Waals surface area (Å²) in [6, 6.07) is 0. The van der Waals surface area contributed by atoms with Crippen LogP contribution in [0.15, 0.2) is 12.2 Å². The summed E-state index contributed by atoms with van der Waals surface area (Å²) in [5.74, 6) is 0.307. The normalized spacial score (nSPS) is 35.6. The van der Waals surface area contributed by atoms with Gasteiger partial charge in [0.1, 0.15) is 6.10 Å². The topological polar surface area (TPSA) is 26.3 Å². The number of rotatable bonds is 3. The molecule has 0 N–H and O–H groups in total. The van der Waals surface area contributed by atoms with E-state index in [4.69, 9.17) is 4.74 Å². The Morgan fingerprint density at radius 3 is 2.41 bits per heavy atom. The Morgan fingerprint density at radius 1 is 1.47 bits per heavy atom. The number of esters is 1. The van der Waals surface area contributed by atoms with Crippen molar-refractivity contribution in [2.24, 2.45) is 16.7 Å². The van der Waals surface area contributed by atoms with Gasteiger partial charge in [-0.1, -0.05) is 56.9 Å². The molecular weight excluding hydrogens is 327 g/mol. The van der Waals surface area contributed by atoms with Crippen LogP contribution in [-0.2, 0) is 9.53 Å². The zero-order valence-corrected chi connectivity index (χ0v) is 13.6. The molecule has 2 nitrogen and oxygen atoms in total. The Labute approximate surface area is 118 Å². The van der Waals surface area contributed by atoms with E-state index < -0.39 is 0 Å². The number of hydrogen-bond acceptors (Lipinski definition) is 2. The highest BCUT2D eigenvalue weighted by atomic mass is 127. The third-order valence-corrected chi connectivity index (χ3v) is 6.44. The Kier molecular flexibility index (Phi) is 4.33. The average molecular weight is 350 g/mol. The van der Waals surface area contributed by atoms with Gasteiger partial charge in [0, 0.05) is 15.4 Å². The molecule has 17 heavy (non-hydrogen) atoms. The highest BCUT2D eigenvalue weighted by molar-refractivity contribution is 14.1. The van der Waals surface area contributed by atoms with E-state index in [1.165, 1.54) is 0 Å². The van der Waals surface area contributed by atoms with Crippen LogP contribution in [0.1, 0.15) is 41.0 Å². The van der Waals surface area contributed by atoms with E-state index in [1.54, 1.807) is 6.92 Å².